The van der Waals surface area contributed by atoms with Gasteiger partial charge in [0.2, 0.25) is 0 Å². The molecule has 0 atom stereocenters. The van der Waals surface area contributed by atoms with Gasteiger partial charge in [-0.15, -0.1) is 0 Å². The fraction of sp³-hybridized carbons (Fsp3) is 0.350. The summed E-state index contributed by atoms with van der Waals surface area (Å²) in [7, 11) is 0. The lowest BCUT2D eigenvalue weighted by Gasteiger charge is -2.26. The fourth-order valence-electron chi connectivity index (χ4n) is 3.14. The van der Waals surface area contributed by atoms with Gasteiger partial charge in [-0.3, -0.25) is 15.0 Å². The van der Waals surface area contributed by atoms with Crippen LogP contribution in [0.4, 0.5) is 0 Å². The minimum absolute atomic E-state index is 0.439. The zero-order valence-electron chi connectivity index (χ0n) is 15.8. The number of hydrogen-bond acceptors (Lipinski definition) is 6. The molecule has 29 heavy (non-hydrogen) atoms. The Morgan fingerprint density at radius 2 is 1.79 bits per heavy atom. The highest BCUT2D eigenvalue weighted by atomic mass is 35.5. The molecule has 1 N–H and O–H groups in total. The number of halogens is 2. The third-order valence-electron chi connectivity index (χ3n) is 4.66. The predicted molar refractivity (Wildman–Crippen MR) is 112 cm³/mol. The molecule has 1 aliphatic heterocycles. The number of pyridine rings is 1. The molecule has 1 aromatic carbocycles. The van der Waals surface area contributed by atoms with Crippen molar-refractivity contribution in [2.75, 3.05) is 39.5 Å². The Bertz CT molecular complexity index is 922. The number of nitrogens with one attached hydrogen (secondary N) is 1. The number of nitrogens with zero attached hydrogens (tertiary/aromatic N) is 4. The number of rotatable bonds is 7. The summed E-state index contributed by atoms with van der Waals surface area (Å²) in [6.45, 7) is 5.03. The molecule has 3 aromatic rings. The van der Waals surface area contributed by atoms with Crippen molar-refractivity contribution >= 4 is 23.2 Å². The minimum Gasteiger partial charge on any atom is -0.490 e. The highest BCUT2D eigenvalue weighted by Gasteiger charge is 2.15. The van der Waals surface area contributed by atoms with Gasteiger partial charge in [-0.25, -0.2) is 4.98 Å². The first-order valence-corrected chi connectivity index (χ1v) is 10.2. The Morgan fingerprint density at radius 1 is 1.07 bits per heavy atom. The molecule has 1 saturated heterocycles. The summed E-state index contributed by atoms with van der Waals surface area (Å²) < 4.78 is 11.2. The van der Waals surface area contributed by atoms with Gasteiger partial charge in [0.25, 0.3) is 0 Å². The van der Waals surface area contributed by atoms with Crippen LogP contribution in [0, 0.1) is 0 Å². The largest absolute Gasteiger partial charge is 0.490 e. The third-order valence-corrected chi connectivity index (χ3v) is 5.23. The third kappa shape index (κ3) is 5.05. The van der Waals surface area contributed by atoms with E-state index in [2.05, 4.69) is 25.1 Å². The molecule has 152 valence electrons. The van der Waals surface area contributed by atoms with Crippen LogP contribution in [0.1, 0.15) is 6.42 Å². The predicted octanol–water partition coefficient (Wildman–Crippen LogP) is 3.94. The highest BCUT2D eigenvalue weighted by molar-refractivity contribution is 6.37. The lowest BCUT2D eigenvalue weighted by atomic mass is 10.2. The van der Waals surface area contributed by atoms with Crippen molar-refractivity contribution in [1.29, 1.82) is 0 Å². The first-order valence-electron chi connectivity index (χ1n) is 9.46. The summed E-state index contributed by atoms with van der Waals surface area (Å²) in [5, 5.41) is 8.08. The molecule has 0 spiro atoms. The number of hydrogen-bond donors (Lipinski definition) is 1. The smallest absolute Gasteiger partial charge is 0.181 e. The number of H-pyrrole nitrogens is 1. The van der Waals surface area contributed by atoms with Gasteiger partial charge < -0.3 is 9.47 Å². The standard InChI is InChI=1S/C20H21Cl2N5O2/c21-16-12-15(20-24-19(25-26-20)14-2-4-23-5-3-14)13-17(22)18(16)29-9-1-6-27-7-10-28-11-8-27/h2-5,12-13H,1,6-11H2,(H,24,25,26). The Balaban J connectivity index is 1.40. The number of aromatic amines is 1. The van der Waals surface area contributed by atoms with Crippen LogP contribution < -0.4 is 4.74 Å². The van der Waals surface area contributed by atoms with Crippen molar-refractivity contribution in [2.24, 2.45) is 0 Å². The van der Waals surface area contributed by atoms with Crippen molar-refractivity contribution in [3.63, 3.8) is 0 Å². The second-order valence-corrected chi connectivity index (χ2v) is 7.48. The van der Waals surface area contributed by atoms with Crippen molar-refractivity contribution in [2.45, 2.75) is 6.42 Å². The van der Waals surface area contributed by atoms with Gasteiger partial charge in [-0.1, -0.05) is 23.2 Å². The number of benzene rings is 1. The lowest BCUT2D eigenvalue weighted by Crippen LogP contribution is -2.37. The van der Waals surface area contributed by atoms with E-state index >= 15 is 0 Å². The van der Waals surface area contributed by atoms with E-state index in [4.69, 9.17) is 32.7 Å². The highest BCUT2D eigenvalue weighted by Crippen LogP contribution is 2.37. The van der Waals surface area contributed by atoms with Crippen LogP contribution in [0.3, 0.4) is 0 Å². The Kier molecular flexibility index (Phi) is 6.61. The van der Waals surface area contributed by atoms with Gasteiger partial charge in [-0.05, 0) is 30.7 Å². The molecule has 0 radical (unpaired) electrons. The molecule has 9 heteroatoms. The molecule has 1 fully saturated rings. The topological polar surface area (TPSA) is 76.2 Å². The van der Waals surface area contributed by atoms with Gasteiger partial charge in [0.1, 0.15) is 0 Å². The molecule has 0 amide bonds. The van der Waals surface area contributed by atoms with E-state index < -0.39 is 0 Å². The quantitative estimate of drug-likeness (QED) is 0.568. The van der Waals surface area contributed by atoms with E-state index in [1.165, 1.54) is 0 Å². The molecule has 4 rings (SSSR count). The van der Waals surface area contributed by atoms with Gasteiger partial charge >= 0.3 is 0 Å². The number of morpholine rings is 1. The second-order valence-electron chi connectivity index (χ2n) is 6.67. The summed E-state index contributed by atoms with van der Waals surface area (Å²) in [4.78, 5) is 10.9. The van der Waals surface area contributed by atoms with Crippen LogP contribution in [0.15, 0.2) is 36.7 Å². The first-order chi connectivity index (χ1) is 14.2. The van der Waals surface area contributed by atoms with Gasteiger partial charge in [-0.2, -0.15) is 5.10 Å². The maximum Gasteiger partial charge on any atom is 0.181 e. The maximum absolute atomic E-state index is 6.43. The van der Waals surface area contributed by atoms with E-state index in [-0.39, 0.29) is 0 Å². The maximum atomic E-state index is 6.43. The monoisotopic (exact) mass is 433 g/mol. The molecule has 3 heterocycles. The Hall–Kier alpha value is -2.19. The molecular weight excluding hydrogens is 413 g/mol. The van der Waals surface area contributed by atoms with E-state index in [0.29, 0.717) is 34.1 Å². The van der Waals surface area contributed by atoms with Crippen LogP contribution in [-0.2, 0) is 4.74 Å². The summed E-state index contributed by atoms with van der Waals surface area (Å²) >= 11 is 12.9. The average molecular weight is 434 g/mol. The van der Waals surface area contributed by atoms with E-state index in [9.17, 15) is 0 Å². The fourth-order valence-corrected chi connectivity index (χ4v) is 3.74. The molecule has 0 aliphatic carbocycles. The summed E-state index contributed by atoms with van der Waals surface area (Å²) in [6, 6.07) is 7.25. The Labute approximate surface area is 179 Å². The van der Waals surface area contributed by atoms with Crippen LogP contribution in [0.5, 0.6) is 5.75 Å². The molecular formula is C20H21Cl2N5O2. The molecule has 0 saturated carbocycles. The van der Waals surface area contributed by atoms with Crippen molar-refractivity contribution in [3.8, 4) is 28.5 Å². The molecule has 0 unspecified atom stereocenters. The van der Waals surface area contributed by atoms with Crippen molar-refractivity contribution in [3.05, 3.63) is 46.7 Å². The van der Waals surface area contributed by atoms with Crippen LogP contribution in [-0.4, -0.2) is 64.5 Å². The normalized spacial score (nSPS) is 14.8. The molecule has 0 bridgehead atoms. The SMILES string of the molecule is Clc1cc(-c2n[nH]c(-c3ccncc3)n2)cc(Cl)c1OCCCN1CCOCC1. The van der Waals surface area contributed by atoms with E-state index in [1.807, 2.05) is 12.1 Å². The summed E-state index contributed by atoms with van der Waals surface area (Å²) in [6.07, 6.45) is 4.30. The van der Waals surface area contributed by atoms with E-state index in [0.717, 1.165) is 50.4 Å². The van der Waals surface area contributed by atoms with Gasteiger partial charge in [0.15, 0.2) is 17.4 Å². The zero-order chi connectivity index (χ0) is 20.1. The van der Waals surface area contributed by atoms with Crippen molar-refractivity contribution < 1.29 is 9.47 Å². The molecule has 1 aliphatic rings. The first kappa shape index (κ1) is 20.1. The van der Waals surface area contributed by atoms with Crippen molar-refractivity contribution in [1.82, 2.24) is 25.1 Å². The number of ether oxygens (including phenoxy) is 2. The van der Waals surface area contributed by atoms with Crippen LogP contribution in [0.25, 0.3) is 22.8 Å². The second kappa shape index (κ2) is 9.54. The van der Waals surface area contributed by atoms with Gasteiger partial charge in [0.05, 0.1) is 29.9 Å². The average Bonchev–Trinajstić information content (AvgIpc) is 3.24. The van der Waals surface area contributed by atoms with Gasteiger partial charge in [0, 0.05) is 43.2 Å². The summed E-state index contributed by atoms with van der Waals surface area (Å²) in [5.41, 5.74) is 1.62. The van der Waals surface area contributed by atoms with E-state index in [1.54, 1.807) is 24.5 Å². The zero-order valence-corrected chi connectivity index (χ0v) is 17.3. The van der Waals surface area contributed by atoms with Crippen LogP contribution in [0.2, 0.25) is 10.0 Å². The minimum atomic E-state index is 0.439. The number of aromatic nitrogens is 4. The molecule has 7 nitrogen and oxygen atoms in total. The molecule has 2 aromatic heterocycles. The lowest BCUT2D eigenvalue weighted by molar-refractivity contribution is 0.0358. The summed E-state index contributed by atoms with van der Waals surface area (Å²) in [5.74, 6) is 1.65. The Morgan fingerprint density at radius 3 is 2.52 bits per heavy atom. The van der Waals surface area contributed by atoms with Crippen LogP contribution >= 0.6 is 23.2 Å².